The first-order valence-electron chi connectivity index (χ1n) is 9.88. The lowest BCUT2D eigenvalue weighted by molar-refractivity contribution is 0.00551. The van der Waals surface area contributed by atoms with Crippen molar-refractivity contribution in [1.82, 2.24) is 14.7 Å². The number of piperazine rings is 1. The van der Waals surface area contributed by atoms with Crippen LogP contribution in [0.2, 0.25) is 0 Å². The third-order valence-electron chi connectivity index (χ3n) is 5.72. The van der Waals surface area contributed by atoms with E-state index in [1.165, 1.54) is 52.1 Å². The molecule has 0 bridgehead atoms. The lowest BCUT2D eigenvalue weighted by Gasteiger charge is -2.48. The predicted molar refractivity (Wildman–Crippen MR) is 101 cm³/mol. The molecule has 0 saturated carbocycles. The minimum Gasteiger partial charge on any atom is -0.301 e. The highest BCUT2D eigenvalue weighted by atomic mass is 15.3. The Bertz CT molecular complexity index is 340. The summed E-state index contributed by atoms with van der Waals surface area (Å²) in [5.41, 5.74) is 0.408. The van der Waals surface area contributed by atoms with Crippen LogP contribution in [0.3, 0.4) is 0 Å². The molecule has 2 saturated heterocycles. The van der Waals surface area contributed by atoms with Crippen molar-refractivity contribution in [2.45, 2.75) is 79.4 Å². The van der Waals surface area contributed by atoms with Crippen LogP contribution in [0.4, 0.5) is 0 Å². The largest absolute Gasteiger partial charge is 0.301 e. The first-order chi connectivity index (χ1) is 10.7. The molecule has 0 unspecified atom stereocenters. The van der Waals surface area contributed by atoms with E-state index in [1.807, 2.05) is 0 Å². The molecule has 3 nitrogen and oxygen atoms in total. The number of hydrogen-bond donors (Lipinski definition) is 0. The molecule has 23 heavy (non-hydrogen) atoms. The molecule has 0 aliphatic carbocycles. The molecule has 2 aliphatic rings. The minimum absolute atomic E-state index is 0.408. The third kappa shape index (κ3) is 5.72. The molecule has 2 rings (SSSR count). The summed E-state index contributed by atoms with van der Waals surface area (Å²) in [6.07, 6.45) is 2.78. The van der Waals surface area contributed by atoms with E-state index >= 15 is 0 Å². The summed E-state index contributed by atoms with van der Waals surface area (Å²) in [5.74, 6) is 0.907. The van der Waals surface area contributed by atoms with Crippen molar-refractivity contribution in [1.29, 1.82) is 0 Å². The van der Waals surface area contributed by atoms with E-state index < -0.39 is 0 Å². The van der Waals surface area contributed by atoms with Gasteiger partial charge in [-0.2, -0.15) is 0 Å². The van der Waals surface area contributed by atoms with Gasteiger partial charge in [-0.1, -0.05) is 20.8 Å². The molecule has 2 heterocycles. The standard InChI is InChI=1S/C20H41N3/c1-16(2)22-10-8-19(9-11-22)14-23-17(3)12-21(13-18(23)4)15-20(5,6)7/h16-19H,8-15H2,1-7H3/t17-,18+. The average Bonchev–Trinajstić information content (AvgIpc) is 2.41. The summed E-state index contributed by atoms with van der Waals surface area (Å²) in [6.45, 7) is 24.2. The van der Waals surface area contributed by atoms with E-state index in [2.05, 4.69) is 63.2 Å². The zero-order valence-corrected chi connectivity index (χ0v) is 16.8. The van der Waals surface area contributed by atoms with Gasteiger partial charge in [0.15, 0.2) is 0 Å². The quantitative estimate of drug-likeness (QED) is 0.783. The molecule has 2 aliphatic heterocycles. The molecule has 2 atom stereocenters. The molecule has 0 spiro atoms. The SMILES string of the molecule is CC(C)N1CCC(CN2[C@H](C)CN(CC(C)(C)C)C[C@@H]2C)CC1. The summed E-state index contributed by atoms with van der Waals surface area (Å²) < 4.78 is 0. The van der Waals surface area contributed by atoms with E-state index in [9.17, 15) is 0 Å². The maximum Gasteiger partial charge on any atom is 0.0198 e. The molecule has 3 heteroatoms. The lowest BCUT2D eigenvalue weighted by atomic mass is 9.92. The zero-order chi connectivity index (χ0) is 17.2. The van der Waals surface area contributed by atoms with Crippen molar-refractivity contribution in [3.63, 3.8) is 0 Å². The van der Waals surface area contributed by atoms with Crippen molar-refractivity contribution in [3.8, 4) is 0 Å². The Morgan fingerprint density at radius 3 is 1.91 bits per heavy atom. The number of hydrogen-bond acceptors (Lipinski definition) is 3. The number of rotatable bonds is 4. The van der Waals surface area contributed by atoms with Crippen molar-refractivity contribution in [2.24, 2.45) is 11.3 Å². The maximum absolute atomic E-state index is 2.80. The van der Waals surface area contributed by atoms with Crippen LogP contribution in [0, 0.1) is 11.3 Å². The van der Waals surface area contributed by atoms with Gasteiger partial charge in [0.1, 0.15) is 0 Å². The molecular weight excluding hydrogens is 282 g/mol. The van der Waals surface area contributed by atoms with Gasteiger partial charge >= 0.3 is 0 Å². The second-order valence-electron chi connectivity index (χ2n) is 9.72. The van der Waals surface area contributed by atoms with Crippen LogP contribution in [0.1, 0.15) is 61.3 Å². The van der Waals surface area contributed by atoms with Crippen LogP contribution in [-0.2, 0) is 0 Å². The van der Waals surface area contributed by atoms with Gasteiger partial charge in [-0.05, 0) is 65.0 Å². The Morgan fingerprint density at radius 2 is 1.48 bits per heavy atom. The van der Waals surface area contributed by atoms with E-state index in [0.717, 1.165) is 12.0 Å². The van der Waals surface area contributed by atoms with E-state index in [-0.39, 0.29) is 0 Å². The van der Waals surface area contributed by atoms with Crippen molar-refractivity contribution < 1.29 is 0 Å². The molecule has 0 aromatic carbocycles. The van der Waals surface area contributed by atoms with Crippen molar-refractivity contribution >= 4 is 0 Å². The molecule has 136 valence electrons. The Hall–Kier alpha value is -0.120. The summed E-state index contributed by atoms with van der Waals surface area (Å²) >= 11 is 0. The first kappa shape index (κ1) is 19.2. The molecule has 0 aromatic heterocycles. The third-order valence-corrected chi connectivity index (χ3v) is 5.72. The van der Waals surface area contributed by atoms with E-state index in [1.54, 1.807) is 0 Å². The molecular formula is C20H41N3. The van der Waals surface area contributed by atoms with Gasteiger partial charge in [0, 0.05) is 44.3 Å². The van der Waals surface area contributed by atoms with Crippen LogP contribution in [0.25, 0.3) is 0 Å². The minimum atomic E-state index is 0.408. The van der Waals surface area contributed by atoms with Gasteiger partial charge in [0.2, 0.25) is 0 Å². The fourth-order valence-corrected chi connectivity index (χ4v) is 4.58. The summed E-state index contributed by atoms with van der Waals surface area (Å²) in [7, 11) is 0. The molecule has 0 radical (unpaired) electrons. The second-order valence-corrected chi connectivity index (χ2v) is 9.72. The molecule has 0 N–H and O–H groups in total. The highest BCUT2D eigenvalue weighted by Gasteiger charge is 2.33. The smallest absolute Gasteiger partial charge is 0.0198 e. The highest BCUT2D eigenvalue weighted by Crippen LogP contribution is 2.25. The Morgan fingerprint density at radius 1 is 0.957 bits per heavy atom. The fourth-order valence-electron chi connectivity index (χ4n) is 4.58. The topological polar surface area (TPSA) is 9.72 Å². The van der Waals surface area contributed by atoms with Gasteiger partial charge in [0.05, 0.1) is 0 Å². The molecule has 0 aromatic rings. The van der Waals surface area contributed by atoms with Gasteiger partial charge in [0.25, 0.3) is 0 Å². The fraction of sp³-hybridized carbons (Fsp3) is 1.00. The zero-order valence-electron chi connectivity index (χ0n) is 16.8. The van der Waals surface area contributed by atoms with Gasteiger partial charge in [-0.25, -0.2) is 0 Å². The van der Waals surface area contributed by atoms with Crippen LogP contribution < -0.4 is 0 Å². The Labute approximate surface area is 145 Å². The Balaban J connectivity index is 1.82. The number of nitrogens with zero attached hydrogens (tertiary/aromatic N) is 3. The monoisotopic (exact) mass is 323 g/mol. The summed E-state index contributed by atoms with van der Waals surface area (Å²) in [5, 5.41) is 0. The second kappa shape index (κ2) is 7.84. The maximum atomic E-state index is 2.80. The summed E-state index contributed by atoms with van der Waals surface area (Å²) in [4.78, 5) is 8.13. The molecule has 0 amide bonds. The normalized spacial score (nSPS) is 30.3. The Kier molecular flexibility index (Phi) is 6.55. The van der Waals surface area contributed by atoms with Gasteiger partial charge in [-0.15, -0.1) is 0 Å². The van der Waals surface area contributed by atoms with Gasteiger partial charge in [-0.3, -0.25) is 9.80 Å². The predicted octanol–water partition coefficient (Wildman–Crippen LogP) is 3.55. The van der Waals surface area contributed by atoms with Gasteiger partial charge < -0.3 is 4.90 Å². The van der Waals surface area contributed by atoms with E-state index in [4.69, 9.17) is 0 Å². The average molecular weight is 324 g/mol. The van der Waals surface area contributed by atoms with Crippen LogP contribution in [-0.4, -0.2) is 72.1 Å². The summed E-state index contributed by atoms with van der Waals surface area (Å²) in [6, 6.07) is 2.11. The van der Waals surface area contributed by atoms with E-state index in [0.29, 0.717) is 17.5 Å². The number of piperidine rings is 1. The van der Waals surface area contributed by atoms with Crippen molar-refractivity contribution in [3.05, 3.63) is 0 Å². The first-order valence-corrected chi connectivity index (χ1v) is 9.88. The van der Waals surface area contributed by atoms with Crippen LogP contribution in [0.5, 0.6) is 0 Å². The van der Waals surface area contributed by atoms with Crippen molar-refractivity contribution in [2.75, 3.05) is 39.3 Å². The molecule has 2 fully saturated rings. The lowest BCUT2D eigenvalue weighted by Crippen LogP contribution is -2.59. The number of likely N-dealkylation sites (tertiary alicyclic amines) is 1. The van der Waals surface area contributed by atoms with Crippen LogP contribution >= 0.6 is 0 Å². The highest BCUT2D eigenvalue weighted by molar-refractivity contribution is 4.88. The van der Waals surface area contributed by atoms with Crippen LogP contribution in [0.15, 0.2) is 0 Å².